The van der Waals surface area contributed by atoms with Gasteiger partial charge in [0.05, 0.1) is 0 Å². The Morgan fingerprint density at radius 1 is 1.58 bits per heavy atom. The molecule has 102 valence electrons. The van der Waals surface area contributed by atoms with Crippen LogP contribution in [0.25, 0.3) is 0 Å². The number of rotatable bonds is 4. The normalized spacial score (nSPS) is 20.6. The third-order valence-corrected chi connectivity index (χ3v) is 4.32. The molecule has 0 aromatic heterocycles. The molecule has 1 fully saturated rings. The second kappa shape index (κ2) is 5.92. The number of nitrogens with zero attached hydrogens (tertiary/aromatic N) is 1. The number of carboxylic acids is 1. The number of carboxylic acid groups (broad SMARTS) is 1. The molecule has 19 heavy (non-hydrogen) atoms. The topological polar surface area (TPSA) is 57.6 Å². The highest BCUT2D eigenvalue weighted by molar-refractivity contribution is 9.09. The largest absolute Gasteiger partial charge is 0.479 e. The molecule has 1 aliphatic heterocycles. The van der Waals surface area contributed by atoms with E-state index in [1.165, 1.54) is 4.90 Å². The van der Waals surface area contributed by atoms with Gasteiger partial charge in [0.15, 0.2) is 6.04 Å². The predicted molar refractivity (Wildman–Crippen MR) is 75.4 cm³/mol. The summed E-state index contributed by atoms with van der Waals surface area (Å²) < 4.78 is 0. The van der Waals surface area contributed by atoms with Crippen LogP contribution < -0.4 is 0 Å². The number of aliphatic carboxylic acids is 1. The van der Waals surface area contributed by atoms with Crippen molar-refractivity contribution in [3.8, 4) is 0 Å². The number of carbonyl (C=O) groups is 2. The summed E-state index contributed by atoms with van der Waals surface area (Å²) in [5.74, 6) is -1.00. The second-order valence-electron chi connectivity index (χ2n) is 4.57. The smallest absolute Gasteiger partial charge is 0.331 e. The zero-order valence-electron chi connectivity index (χ0n) is 10.1. The van der Waals surface area contributed by atoms with Crippen molar-refractivity contribution in [2.45, 2.75) is 12.5 Å². The minimum Gasteiger partial charge on any atom is -0.479 e. The lowest BCUT2D eigenvalue weighted by Gasteiger charge is -2.25. The van der Waals surface area contributed by atoms with E-state index in [9.17, 15) is 14.7 Å². The van der Waals surface area contributed by atoms with Crippen LogP contribution in [0.2, 0.25) is 5.02 Å². The van der Waals surface area contributed by atoms with Gasteiger partial charge in [0.1, 0.15) is 0 Å². The van der Waals surface area contributed by atoms with Gasteiger partial charge in [-0.15, -0.1) is 0 Å². The summed E-state index contributed by atoms with van der Waals surface area (Å²) in [4.78, 5) is 24.9. The number of hydrogen-bond acceptors (Lipinski definition) is 2. The number of carbonyl (C=O) groups excluding carboxylic acids is 1. The number of alkyl halides is 1. The summed E-state index contributed by atoms with van der Waals surface area (Å²) >= 11 is 9.23. The van der Waals surface area contributed by atoms with E-state index in [4.69, 9.17) is 11.6 Å². The Bertz CT molecular complexity index is 508. The van der Waals surface area contributed by atoms with Gasteiger partial charge in [-0.05, 0) is 23.6 Å². The van der Waals surface area contributed by atoms with Gasteiger partial charge < -0.3 is 10.0 Å². The average Bonchev–Trinajstić information content (AvgIpc) is 2.71. The Balaban J connectivity index is 2.31. The van der Waals surface area contributed by atoms with Crippen molar-refractivity contribution in [3.05, 3.63) is 34.9 Å². The SMILES string of the molecule is O=C(O)C(c1cccc(Cl)c1)N1CC(CBr)CC1=O. The summed E-state index contributed by atoms with van der Waals surface area (Å²) in [7, 11) is 0. The van der Waals surface area contributed by atoms with Crippen LogP contribution in [0.5, 0.6) is 0 Å². The van der Waals surface area contributed by atoms with Crippen LogP contribution in [0.15, 0.2) is 24.3 Å². The maximum atomic E-state index is 12.0. The van der Waals surface area contributed by atoms with Crippen LogP contribution in [-0.4, -0.2) is 33.8 Å². The van der Waals surface area contributed by atoms with Crippen molar-refractivity contribution in [1.82, 2.24) is 4.90 Å². The molecule has 1 aromatic carbocycles. The van der Waals surface area contributed by atoms with Crippen molar-refractivity contribution in [2.24, 2.45) is 5.92 Å². The summed E-state index contributed by atoms with van der Waals surface area (Å²) in [5.41, 5.74) is 0.531. The Morgan fingerprint density at radius 3 is 2.84 bits per heavy atom. The molecule has 6 heteroatoms. The molecular formula is C13H13BrClNO3. The van der Waals surface area contributed by atoms with E-state index in [-0.39, 0.29) is 11.8 Å². The zero-order chi connectivity index (χ0) is 14.0. The molecule has 1 aliphatic rings. The van der Waals surface area contributed by atoms with Gasteiger partial charge in [-0.25, -0.2) is 4.79 Å². The number of benzene rings is 1. The first-order chi connectivity index (χ1) is 9.02. The molecule has 1 heterocycles. The van der Waals surface area contributed by atoms with Crippen LogP contribution in [0.1, 0.15) is 18.0 Å². The molecule has 0 saturated carbocycles. The van der Waals surface area contributed by atoms with E-state index in [1.807, 2.05) is 0 Å². The van der Waals surface area contributed by atoms with Gasteiger partial charge >= 0.3 is 5.97 Å². The molecule has 4 nitrogen and oxygen atoms in total. The molecule has 2 unspecified atom stereocenters. The fraction of sp³-hybridized carbons (Fsp3) is 0.385. The fourth-order valence-electron chi connectivity index (χ4n) is 2.29. The molecule has 1 N–H and O–H groups in total. The lowest BCUT2D eigenvalue weighted by molar-refractivity contribution is -0.148. The van der Waals surface area contributed by atoms with E-state index >= 15 is 0 Å². The Morgan fingerprint density at radius 2 is 2.32 bits per heavy atom. The van der Waals surface area contributed by atoms with Crippen LogP contribution in [0, 0.1) is 5.92 Å². The van der Waals surface area contributed by atoms with Crippen molar-refractivity contribution in [1.29, 1.82) is 0 Å². The summed E-state index contributed by atoms with van der Waals surface area (Å²) in [6, 6.07) is 5.68. The standard InChI is InChI=1S/C13H13BrClNO3/c14-6-8-4-11(17)16(7-8)12(13(18)19)9-2-1-3-10(15)5-9/h1-3,5,8,12H,4,6-7H2,(H,18,19). The highest BCUT2D eigenvalue weighted by Gasteiger charge is 2.38. The van der Waals surface area contributed by atoms with Crippen LogP contribution in [0.3, 0.4) is 0 Å². The Labute approximate surface area is 124 Å². The monoisotopic (exact) mass is 345 g/mol. The lowest BCUT2D eigenvalue weighted by atomic mass is 10.1. The number of halogens is 2. The molecule has 2 rings (SSSR count). The molecule has 0 aliphatic carbocycles. The summed E-state index contributed by atoms with van der Waals surface area (Å²) in [6.07, 6.45) is 0.385. The third kappa shape index (κ3) is 3.09. The van der Waals surface area contributed by atoms with E-state index in [0.29, 0.717) is 28.9 Å². The molecule has 0 radical (unpaired) electrons. The fourth-order valence-corrected chi connectivity index (χ4v) is 2.93. The molecule has 1 saturated heterocycles. The second-order valence-corrected chi connectivity index (χ2v) is 5.65. The van der Waals surface area contributed by atoms with E-state index in [0.717, 1.165) is 0 Å². The first-order valence-electron chi connectivity index (χ1n) is 5.86. The maximum Gasteiger partial charge on any atom is 0.331 e. The van der Waals surface area contributed by atoms with Gasteiger partial charge in [0.2, 0.25) is 5.91 Å². The zero-order valence-corrected chi connectivity index (χ0v) is 12.4. The Kier molecular flexibility index (Phi) is 4.47. The minimum atomic E-state index is -1.04. The number of amides is 1. The van der Waals surface area contributed by atoms with Gasteiger partial charge in [-0.3, -0.25) is 4.79 Å². The quantitative estimate of drug-likeness (QED) is 0.853. The van der Waals surface area contributed by atoms with Crippen LogP contribution in [0.4, 0.5) is 0 Å². The maximum absolute atomic E-state index is 12.0. The van der Waals surface area contributed by atoms with Crippen molar-refractivity contribution >= 4 is 39.4 Å². The van der Waals surface area contributed by atoms with Gasteiger partial charge in [-0.1, -0.05) is 39.7 Å². The number of hydrogen-bond donors (Lipinski definition) is 1. The molecule has 0 spiro atoms. The Hall–Kier alpha value is -1.07. The minimum absolute atomic E-state index is 0.128. The van der Waals surface area contributed by atoms with E-state index in [2.05, 4.69) is 15.9 Å². The van der Waals surface area contributed by atoms with Crippen molar-refractivity contribution < 1.29 is 14.7 Å². The highest BCUT2D eigenvalue weighted by Crippen LogP contribution is 2.30. The molecule has 1 amide bonds. The van der Waals surface area contributed by atoms with E-state index < -0.39 is 12.0 Å². The van der Waals surface area contributed by atoms with Gasteiger partial charge in [0.25, 0.3) is 0 Å². The highest BCUT2D eigenvalue weighted by atomic mass is 79.9. The predicted octanol–water partition coefficient (Wildman–Crippen LogP) is 2.71. The van der Waals surface area contributed by atoms with Crippen LogP contribution in [-0.2, 0) is 9.59 Å². The van der Waals surface area contributed by atoms with Crippen molar-refractivity contribution in [3.63, 3.8) is 0 Å². The van der Waals surface area contributed by atoms with Crippen LogP contribution >= 0.6 is 27.5 Å². The summed E-state index contributed by atoms with van der Waals surface area (Å²) in [5, 5.41) is 10.6. The summed E-state index contributed by atoms with van der Waals surface area (Å²) in [6.45, 7) is 0.452. The average molecular weight is 347 g/mol. The lowest BCUT2D eigenvalue weighted by Crippen LogP contribution is -2.35. The molecular weight excluding hydrogens is 334 g/mol. The van der Waals surface area contributed by atoms with Gasteiger partial charge in [-0.2, -0.15) is 0 Å². The first kappa shape index (κ1) is 14.3. The third-order valence-electron chi connectivity index (χ3n) is 3.17. The van der Waals surface area contributed by atoms with Crippen molar-refractivity contribution in [2.75, 3.05) is 11.9 Å². The molecule has 0 bridgehead atoms. The first-order valence-corrected chi connectivity index (χ1v) is 7.36. The molecule has 2 atom stereocenters. The van der Waals surface area contributed by atoms with Gasteiger partial charge in [0, 0.05) is 23.3 Å². The van der Waals surface area contributed by atoms with E-state index in [1.54, 1.807) is 24.3 Å². The number of likely N-dealkylation sites (tertiary alicyclic amines) is 1. The molecule has 1 aromatic rings.